The Bertz CT molecular complexity index is 632. The number of carbonyl (C=O) groups is 1. The minimum atomic E-state index is -0.0555. The van der Waals surface area contributed by atoms with Crippen molar-refractivity contribution in [3.8, 4) is 0 Å². The number of likely N-dealkylation sites (N-methyl/N-ethyl adjacent to an activating group) is 1. The monoisotopic (exact) mass is 236 g/mol. The fourth-order valence-electron chi connectivity index (χ4n) is 2.09. The summed E-state index contributed by atoms with van der Waals surface area (Å²) in [5.74, 6) is -0.0555. The molecule has 3 heteroatoms. The Morgan fingerprint density at radius 2 is 1.61 bits per heavy atom. The molecule has 1 heterocycles. The van der Waals surface area contributed by atoms with E-state index in [1.54, 1.807) is 11.9 Å². The number of carbonyl (C=O) groups excluding carboxylic acids is 1. The van der Waals surface area contributed by atoms with Crippen LogP contribution in [0.4, 0.5) is 11.4 Å². The lowest BCUT2D eigenvalue weighted by molar-refractivity contribution is -0.111. The standard InChI is InChI=1S/C15H12N2O/c1-17-13-10-6-5-9-12(13)14(15(17)18)16-11-7-3-2-4-8-11/h2-10H,1H3. The van der Waals surface area contributed by atoms with Gasteiger partial charge in [-0.3, -0.25) is 4.79 Å². The van der Waals surface area contributed by atoms with Gasteiger partial charge in [-0.25, -0.2) is 4.99 Å². The Labute approximate surface area is 105 Å². The first-order valence-electron chi connectivity index (χ1n) is 5.78. The van der Waals surface area contributed by atoms with Crippen molar-refractivity contribution in [2.75, 3.05) is 11.9 Å². The minimum absolute atomic E-state index is 0.0555. The van der Waals surface area contributed by atoms with Gasteiger partial charge in [-0.05, 0) is 18.2 Å². The summed E-state index contributed by atoms with van der Waals surface area (Å²) in [6, 6.07) is 17.2. The molecule has 1 aliphatic heterocycles. The minimum Gasteiger partial charge on any atom is -0.309 e. The van der Waals surface area contributed by atoms with E-state index in [1.807, 2.05) is 54.6 Å². The van der Waals surface area contributed by atoms with Crippen molar-refractivity contribution < 1.29 is 4.79 Å². The molecule has 0 fully saturated rings. The van der Waals surface area contributed by atoms with Gasteiger partial charge >= 0.3 is 0 Å². The second kappa shape index (κ2) is 4.11. The highest BCUT2D eigenvalue weighted by Gasteiger charge is 2.30. The lowest BCUT2D eigenvalue weighted by Gasteiger charge is -2.07. The number of anilines is 1. The molecule has 0 saturated carbocycles. The second-order valence-corrected chi connectivity index (χ2v) is 4.18. The van der Waals surface area contributed by atoms with E-state index in [2.05, 4.69) is 4.99 Å². The highest BCUT2D eigenvalue weighted by molar-refractivity contribution is 6.54. The van der Waals surface area contributed by atoms with Crippen LogP contribution in [-0.2, 0) is 4.79 Å². The molecule has 3 nitrogen and oxygen atoms in total. The Balaban J connectivity index is 2.14. The Morgan fingerprint density at radius 1 is 0.944 bits per heavy atom. The van der Waals surface area contributed by atoms with Crippen LogP contribution in [0.5, 0.6) is 0 Å². The third-order valence-electron chi connectivity index (χ3n) is 3.02. The highest BCUT2D eigenvalue weighted by Crippen LogP contribution is 2.29. The molecule has 2 aromatic carbocycles. The molecule has 3 rings (SSSR count). The summed E-state index contributed by atoms with van der Waals surface area (Å²) in [6.45, 7) is 0. The molecule has 2 aromatic rings. The Morgan fingerprint density at radius 3 is 2.39 bits per heavy atom. The van der Waals surface area contributed by atoms with Crippen molar-refractivity contribution in [1.82, 2.24) is 0 Å². The van der Waals surface area contributed by atoms with Gasteiger partial charge in [-0.15, -0.1) is 0 Å². The number of para-hydroxylation sites is 2. The van der Waals surface area contributed by atoms with Crippen LogP contribution in [0.3, 0.4) is 0 Å². The zero-order valence-electron chi connectivity index (χ0n) is 10.00. The summed E-state index contributed by atoms with van der Waals surface area (Å²) in [7, 11) is 1.77. The van der Waals surface area contributed by atoms with E-state index in [1.165, 1.54) is 0 Å². The first-order chi connectivity index (χ1) is 8.77. The summed E-state index contributed by atoms with van der Waals surface area (Å²) >= 11 is 0. The van der Waals surface area contributed by atoms with Crippen LogP contribution < -0.4 is 4.90 Å². The lowest BCUT2D eigenvalue weighted by Crippen LogP contribution is -2.25. The van der Waals surface area contributed by atoms with Gasteiger partial charge in [0.1, 0.15) is 5.71 Å². The number of fused-ring (bicyclic) bond motifs is 1. The quantitative estimate of drug-likeness (QED) is 0.749. The summed E-state index contributed by atoms with van der Waals surface area (Å²) in [5, 5.41) is 0. The number of hydrogen-bond acceptors (Lipinski definition) is 2. The van der Waals surface area contributed by atoms with E-state index >= 15 is 0 Å². The first-order valence-corrected chi connectivity index (χ1v) is 5.78. The molecule has 0 spiro atoms. The fourth-order valence-corrected chi connectivity index (χ4v) is 2.09. The summed E-state index contributed by atoms with van der Waals surface area (Å²) in [4.78, 5) is 18.3. The summed E-state index contributed by atoms with van der Waals surface area (Å²) in [6.07, 6.45) is 0. The van der Waals surface area contributed by atoms with Crippen molar-refractivity contribution in [1.29, 1.82) is 0 Å². The molecular formula is C15H12N2O. The molecule has 0 aliphatic carbocycles. The van der Waals surface area contributed by atoms with E-state index in [0.29, 0.717) is 5.71 Å². The molecule has 0 aromatic heterocycles. The molecule has 0 atom stereocenters. The Kier molecular flexibility index (Phi) is 2.45. The Hall–Kier alpha value is -2.42. The van der Waals surface area contributed by atoms with Crippen molar-refractivity contribution in [3.63, 3.8) is 0 Å². The van der Waals surface area contributed by atoms with Gasteiger partial charge in [0.15, 0.2) is 0 Å². The molecular weight excluding hydrogens is 224 g/mol. The van der Waals surface area contributed by atoms with Crippen molar-refractivity contribution in [3.05, 3.63) is 60.2 Å². The van der Waals surface area contributed by atoms with Crippen LogP contribution in [0.25, 0.3) is 0 Å². The smallest absolute Gasteiger partial charge is 0.277 e. The van der Waals surface area contributed by atoms with E-state index in [-0.39, 0.29) is 5.91 Å². The van der Waals surface area contributed by atoms with Gasteiger partial charge in [0.25, 0.3) is 5.91 Å². The predicted molar refractivity (Wildman–Crippen MR) is 72.5 cm³/mol. The normalized spacial score (nSPS) is 16.2. The third-order valence-corrected chi connectivity index (χ3v) is 3.02. The van der Waals surface area contributed by atoms with Gasteiger partial charge in [-0.1, -0.05) is 36.4 Å². The van der Waals surface area contributed by atoms with Gasteiger partial charge in [0, 0.05) is 12.6 Å². The molecule has 0 N–H and O–H groups in total. The maximum absolute atomic E-state index is 12.2. The maximum Gasteiger partial charge on any atom is 0.277 e. The van der Waals surface area contributed by atoms with Gasteiger partial charge < -0.3 is 4.90 Å². The molecule has 1 amide bonds. The van der Waals surface area contributed by atoms with E-state index in [9.17, 15) is 4.79 Å². The van der Waals surface area contributed by atoms with Crippen molar-refractivity contribution >= 4 is 23.0 Å². The van der Waals surface area contributed by atoms with Crippen molar-refractivity contribution in [2.24, 2.45) is 4.99 Å². The SMILES string of the molecule is CN1C(=O)C(=Nc2ccccc2)c2ccccc21. The molecule has 1 aliphatic rings. The first kappa shape index (κ1) is 10.7. The number of rotatable bonds is 1. The van der Waals surface area contributed by atoms with Crippen LogP contribution in [0, 0.1) is 0 Å². The molecule has 18 heavy (non-hydrogen) atoms. The number of nitrogens with zero attached hydrogens (tertiary/aromatic N) is 2. The fraction of sp³-hybridized carbons (Fsp3) is 0.0667. The van der Waals surface area contributed by atoms with Crippen LogP contribution in [0.15, 0.2) is 59.6 Å². The summed E-state index contributed by atoms with van der Waals surface area (Å²) < 4.78 is 0. The van der Waals surface area contributed by atoms with Crippen LogP contribution in [0.1, 0.15) is 5.56 Å². The number of hydrogen-bond donors (Lipinski definition) is 0. The van der Waals surface area contributed by atoms with Gasteiger partial charge in [-0.2, -0.15) is 0 Å². The predicted octanol–water partition coefficient (Wildman–Crippen LogP) is 2.78. The molecule has 0 radical (unpaired) electrons. The van der Waals surface area contributed by atoms with Crippen LogP contribution in [-0.4, -0.2) is 18.7 Å². The number of aliphatic imine (C=N–C) groups is 1. The maximum atomic E-state index is 12.2. The number of benzene rings is 2. The van der Waals surface area contributed by atoms with Gasteiger partial charge in [0.05, 0.1) is 11.4 Å². The van der Waals surface area contributed by atoms with E-state index in [4.69, 9.17) is 0 Å². The van der Waals surface area contributed by atoms with Crippen molar-refractivity contribution in [2.45, 2.75) is 0 Å². The topological polar surface area (TPSA) is 32.7 Å². The summed E-state index contributed by atoms with van der Waals surface area (Å²) in [5.41, 5.74) is 3.12. The zero-order chi connectivity index (χ0) is 12.5. The van der Waals surface area contributed by atoms with E-state index in [0.717, 1.165) is 16.9 Å². The highest BCUT2D eigenvalue weighted by atomic mass is 16.2. The van der Waals surface area contributed by atoms with Crippen LogP contribution >= 0.6 is 0 Å². The lowest BCUT2D eigenvalue weighted by atomic mass is 10.1. The molecule has 0 bridgehead atoms. The zero-order valence-corrected chi connectivity index (χ0v) is 10.00. The third kappa shape index (κ3) is 1.61. The van der Waals surface area contributed by atoms with Crippen LogP contribution in [0.2, 0.25) is 0 Å². The largest absolute Gasteiger partial charge is 0.309 e. The molecule has 88 valence electrons. The number of amides is 1. The van der Waals surface area contributed by atoms with Gasteiger partial charge in [0.2, 0.25) is 0 Å². The average molecular weight is 236 g/mol. The second-order valence-electron chi connectivity index (χ2n) is 4.18. The van der Waals surface area contributed by atoms with E-state index < -0.39 is 0 Å². The molecule has 0 saturated heterocycles. The average Bonchev–Trinajstić information content (AvgIpc) is 2.66. The molecule has 0 unspecified atom stereocenters.